The summed E-state index contributed by atoms with van der Waals surface area (Å²) in [5.41, 5.74) is 2.40. The largest absolute Gasteiger partial charge is 0.478 e. The third-order valence-electron chi connectivity index (χ3n) is 6.08. The van der Waals surface area contributed by atoms with Gasteiger partial charge in [0.1, 0.15) is 4.21 Å². The molecule has 4 aromatic rings. The van der Waals surface area contributed by atoms with Gasteiger partial charge in [-0.1, -0.05) is 61.0 Å². The molecule has 0 atom stereocenters. The third-order valence-corrected chi connectivity index (χ3v) is 10.8. The zero-order valence-electron chi connectivity index (χ0n) is 20.4. The number of carboxylic acids is 1. The monoisotopic (exact) mass is 569 g/mol. The van der Waals surface area contributed by atoms with Gasteiger partial charge in [0.15, 0.2) is 0 Å². The van der Waals surface area contributed by atoms with Crippen LogP contribution >= 0.6 is 11.3 Å². The number of sulfone groups is 1. The number of aromatic carboxylic acids is 1. The van der Waals surface area contributed by atoms with Gasteiger partial charge in [-0.2, -0.15) is 0 Å². The van der Waals surface area contributed by atoms with Crippen LogP contribution in [0.4, 0.5) is 5.69 Å². The molecule has 7 nitrogen and oxygen atoms in total. The summed E-state index contributed by atoms with van der Waals surface area (Å²) >= 11 is 0.857. The number of thiophene rings is 1. The van der Waals surface area contributed by atoms with Gasteiger partial charge in [-0.25, -0.2) is 21.6 Å². The Bertz CT molecular complexity index is 1630. The molecular weight excluding hydrogens is 543 g/mol. The van der Waals surface area contributed by atoms with E-state index in [1.807, 2.05) is 24.3 Å². The Labute approximate surface area is 226 Å². The predicted octanol–water partition coefficient (Wildman–Crippen LogP) is 6.04. The first-order valence-corrected chi connectivity index (χ1v) is 15.8. The van der Waals surface area contributed by atoms with Crippen molar-refractivity contribution in [3.05, 3.63) is 107 Å². The second-order valence-electron chi connectivity index (χ2n) is 8.70. The van der Waals surface area contributed by atoms with E-state index in [0.717, 1.165) is 41.7 Å². The molecule has 10 heteroatoms. The predicted molar refractivity (Wildman–Crippen MR) is 148 cm³/mol. The van der Waals surface area contributed by atoms with E-state index >= 15 is 0 Å². The van der Waals surface area contributed by atoms with Gasteiger partial charge in [0.25, 0.3) is 10.0 Å². The van der Waals surface area contributed by atoms with Gasteiger partial charge >= 0.3 is 5.97 Å². The van der Waals surface area contributed by atoms with Crippen LogP contribution in [0.2, 0.25) is 0 Å². The summed E-state index contributed by atoms with van der Waals surface area (Å²) in [5.74, 6) is -0.933. The van der Waals surface area contributed by atoms with Crippen LogP contribution in [-0.4, -0.2) is 27.9 Å². The Morgan fingerprint density at radius 3 is 2.05 bits per heavy atom. The van der Waals surface area contributed by atoms with Crippen molar-refractivity contribution < 1.29 is 26.7 Å². The van der Waals surface area contributed by atoms with Gasteiger partial charge < -0.3 is 5.11 Å². The van der Waals surface area contributed by atoms with Crippen molar-refractivity contribution in [3.8, 4) is 0 Å². The molecule has 0 radical (unpaired) electrons. The van der Waals surface area contributed by atoms with Crippen molar-refractivity contribution in [2.45, 2.75) is 46.1 Å². The topological polar surface area (TPSA) is 118 Å². The maximum atomic E-state index is 13.1. The molecular formula is C28H27NO6S3. The van der Waals surface area contributed by atoms with E-state index in [1.165, 1.54) is 23.6 Å². The Morgan fingerprint density at radius 2 is 1.34 bits per heavy atom. The molecule has 0 bridgehead atoms. The molecule has 2 N–H and O–H groups in total. The van der Waals surface area contributed by atoms with Crippen molar-refractivity contribution in [1.29, 1.82) is 0 Å². The summed E-state index contributed by atoms with van der Waals surface area (Å²) in [6, 6.07) is 23.2. The molecule has 0 spiro atoms. The fraction of sp³-hybridized carbons (Fsp3) is 0.179. The number of carboxylic acid groups (broad SMARTS) is 1. The standard InChI is InChI=1S/C28H27NO6S3/c30-28(31)25-17-9-7-12-21(25)11-3-1-4-13-22-14-8-10-18-26(22)29-38(34,35)27-19-24(20-36-27)37(32,33)23-15-5-2-6-16-23/h2,5-10,12,14-20,29H,1,3-4,11,13H2,(H,30,31). The molecule has 0 saturated carbocycles. The highest BCUT2D eigenvalue weighted by atomic mass is 32.2. The zero-order chi connectivity index (χ0) is 27.2. The second-order valence-corrected chi connectivity index (χ2v) is 13.5. The maximum absolute atomic E-state index is 13.1. The Balaban J connectivity index is 1.40. The van der Waals surface area contributed by atoms with E-state index in [1.54, 1.807) is 42.5 Å². The number of rotatable bonds is 12. The maximum Gasteiger partial charge on any atom is 0.335 e. The van der Waals surface area contributed by atoms with E-state index in [2.05, 4.69) is 4.72 Å². The summed E-state index contributed by atoms with van der Waals surface area (Å²) in [6.07, 6.45) is 3.75. The smallest absolute Gasteiger partial charge is 0.335 e. The average molecular weight is 570 g/mol. The van der Waals surface area contributed by atoms with Crippen molar-refractivity contribution in [2.75, 3.05) is 4.72 Å². The molecule has 38 heavy (non-hydrogen) atoms. The normalized spacial score (nSPS) is 11.8. The Kier molecular flexibility index (Phi) is 8.65. The lowest BCUT2D eigenvalue weighted by Gasteiger charge is -2.12. The first-order valence-electron chi connectivity index (χ1n) is 12.0. The van der Waals surface area contributed by atoms with Crippen LogP contribution in [0, 0.1) is 0 Å². The average Bonchev–Trinajstić information content (AvgIpc) is 3.43. The lowest BCUT2D eigenvalue weighted by Crippen LogP contribution is -2.13. The van der Waals surface area contributed by atoms with Crippen molar-refractivity contribution in [3.63, 3.8) is 0 Å². The number of unbranched alkanes of at least 4 members (excludes halogenated alkanes) is 2. The van der Waals surface area contributed by atoms with Gasteiger partial charge in [0, 0.05) is 5.38 Å². The Hall–Kier alpha value is -3.47. The number of sulfonamides is 1. The van der Waals surface area contributed by atoms with Crippen molar-refractivity contribution in [1.82, 2.24) is 0 Å². The lowest BCUT2D eigenvalue weighted by molar-refractivity contribution is 0.0695. The molecule has 0 unspecified atom stereocenters. The minimum absolute atomic E-state index is 0.0631. The number of aryl methyl sites for hydroxylation is 2. The van der Waals surface area contributed by atoms with Crippen LogP contribution in [-0.2, 0) is 32.7 Å². The molecule has 3 aromatic carbocycles. The zero-order valence-corrected chi connectivity index (χ0v) is 22.9. The second kappa shape index (κ2) is 11.9. The van der Waals surface area contributed by atoms with E-state index in [-0.39, 0.29) is 14.0 Å². The van der Waals surface area contributed by atoms with Crippen LogP contribution in [0.15, 0.2) is 104 Å². The fourth-order valence-electron chi connectivity index (χ4n) is 4.11. The van der Waals surface area contributed by atoms with E-state index in [9.17, 15) is 26.7 Å². The molecule has 0 aliphatic rings. The molecule has 0 saturated heterocycles. The van der Waals surface area contributed by atoms with Crippen molar-refractivity contribution in [2.24, 2.45) is 0 Å². The Morgan fingerprint density at radius 1 is 0.737 bits per heavy atom. The molecule has 0 aliphatic heterocycles. The van der Waals surface area contributed by atoms with E-state index in [4.69, 9.17) is 0 Å². The molecule has 0 fully saturated rings. The van der Waals surface area contributed by atoms with E-state index in [0.29, 0.717) is 24.1 Å². The highest BCUT2D eigenvalue weighted by Crippen LogP contribution is 2.30. The SMILES string of the molecule is O=C(O)c1ccccc1CCCCCc1ccccc1NS(=O)(=O)c1cc(S(=O)(=O)c2ccccc2)cs1. The van der Waals surface area contributed by atoms with Crippen LogP contribution in [0.25, 0.3) is 0 Å². The fourth-order valence-corrected chi connectivity index (χ4v) is 8.11. The third kappa shape index (κ3) is 6.50. The number of hydrogen-bond acceptors (Lipinski definition) is 6. The summed E-state index contributed by atoms with van der Waals surface area (Å²) in [5, 5.41) is 10.7. The number of hydrogen-bond donors (Lipinski definition) is 2. The molecule has 0 aliphatic carbocycles. The first-order chi connectivity index (χ1) is 18.2. The quantitative estimate of drug-likeness (QED) is 0.201. The summed E-state index contributed by atoms with van der Waals surface area (Å²) < 4.78 is 54.5. The molecule has 1 heterocycles. The van der Waals surface area contributed by atoms with Crippen LogP contribution in [0.5, 0.6) is 0 Å². The number of anilines is 1. The highest BCUT2D eigenvalue weighted by Gasteiger charge is 2.24. The van der Waals surface area contributed by atoms with Gasteiger partial charge in [-0.05, 0) is 67.1 Å². The minimum Gasteiger partial charge on any atom is -0.478 e. The number of para-hydroxylation sites is 1. The van der Waals surface area contributed by atoms with E-state index < -0.39 is 25.8 Å². The lowest BCUT2D eigenvalue weighted by atomic mass is 9.99. The first kappa shape index (κ1) is 27.6. The summed E-state index contributed by atoms with van der Waals surface area (Å²) in [4.78, 5) is 11.4. The van der Waals surface area contributed by atoms with Gasteiger partial charge in [0.2, 0.25) is 9.84 Å². The molecule has 1 aromatic heterocycles. The molecule has 0 amide bonds. The summed E-state index contributed by atoms with van der Waals surface area (Å²) in [6.45, 7) is 0. The number of nitrogens with one attached hydrogen (secondary N) is 1. The van der Waals surface area contributed by atoms with Crippen LogP contribution < -0.4 is 4.72 Å². The minimum atomic E-state index is -3.99. The molecule has 4 rings (SSSR count). The summed E-state index contributed by atoms with van der Waals surface area (Å²) in [7, 11) is -7.81. The molecule has 198 valence electrons. The van der Waals surface area contributed by atoms with Crippen LogP contribution in [0.1, 0.15) is 40.7 Å². The van der Waals surface area contributed by atoms with Gasteiger partial charge in [0.05, 0.1) is 21.0 Å². The van der Waals surface area contributed by atoms with Crippen LogP contribution in [0.3, 0.4) is 0 Å². The van der Waals surface area contributed by atoms with Crippen molar-refractivity contribution >= 4 is 42.9 Å². The highest BCUT2D eigenvalue weighted by molar-refractivity contribution is 7.95. The number of benzene rings is 3. The number of carbonyl (C=O) groups is 1. The van der Waals surface area contributed by atoms with Gasteiger partial charge in [-0.3, -0.25) is 4.72 Å². The van der Waals surface area contributed by atoms with Gasteiger partial charge in [-0.15, -0.1) is 11.3 Å².